The number of methoxy groups -OCH3 is 1. The van der Waals surface area contributed by atoms with Crippen molar-refractivity contribution in [3.8, 4) is 5.75 Å². The smallest absolute Gasteiger partial charge is 0.242 e. The Balaban J connectivity index is 2.15. The minimum absolute atomic E-state index is 0.109. The summed E-state index contributed by atoms with van der Waals surface area (Å²) in [6, 6.07) is 13.9. The van der Waals surface area contributed by atoms with Gasteiger partial charge >= 0.3 is 0 Å². The highest BCUT2D eigenvalue weighted by molar-refractivity contribution is 7.92. The number of nitrogens with zero attached hydrogens (tertiary/aromatic N) is 2. The average molecular weight is 490 g/mol. The molecule has 0 saturated carbocycles. The lowest BCUT2D eigenvalue weighted by molar-refractivity contribution is -0.140. The molecule has 2 aromatic rings. The van der Waals surface area contributed by atoms with Crippen molar-refractivity contribution < 1.29 is 22.7 Å². The summed E-state index contributed by atoms with van der Waals surface area (Å²) in [5.41, 5.74) is 2.38. The maximum atomic E-state index is 13.2. The Morgan fingerprint density at radius 2 is 1.79 bits per heavy atom. The zero-order valence-electron chi connectivity index (χ0n) is 20.6. The van der Waals surface area contributed by atoms with E-state index >= 15 is 0 Å². The Morgan fingerprint density at radius 3 is 2.35 bits per heavy atom. The lowest BCUT2D eigenvalue weighted by Gasteiger charge is -2.29. The summed E-state index contributed by atoms with van der Waals surface area (Å²) in [7, 11) is -1.93. The van der Waals surface area contributed by atoms with E-state index < -0.39 is 16.1 Å². The van der Waals surface area contributed by atoms with Crippen LogP contribution in [0.3, 0.4) is 0 Å². The molecule has 1 N–H and O–H groups in total. The van der Waals surface area contributed by atoms with Crippen molar-refractivity contribution in [1.82, 2.24) is 10.2 Å². The van der Waals surface area contributed by atoms with Crippen LogP contribution in [0.5, 0.6) is 5.75 Å². The first-order chi connectivity index (χ1) is 16.1. The molecule has 0 fully saturated rings. The van der Waals surface area contributed by atoms with Gasteiger partial charge in [0.25, 0.3) is 0 Å². The zero-order chi connectivity index (χ0) is 25.3. The number of rotatable bonds is 12. The Bertz CT molecular complexity index is 1070. The Hall–Kier alpha value is -3.07. The number of nitrogens with one attached hydrogen (secondary N) is 1. The lowest BCUT2D eigenvalue weighted by atomic mass is 10.1. The van der Waals surface area contributed by atoms with E-state index in [0.29, 0.717) is 24.4 Å². The molecular formula is C25H35N3O5S. The Labute approximate surface area is 202 Å². The van der Waals surface area contributed by atoms with E-state index in [-0.39, 0.29) is 31.3 Å². The third-order valence-electron chi connectivity index (χ3n) is 5.47. The Kier molecular flexibility index (Phi) is 9.92. The number of ether oxygens (including phenoxy) is 1. The van der Waals surface area contributed by atoms with Crippen LogP contribution in [0.4, 0.5) is 5.69 Å². The van der Waals surface area contributed by atoms with Gasteiger partial charge in [-0.1, -0.05) is 24.3 Å². The number of anilines is 1. The lowest BCUT2D eigenvalue weighted by Crippen LogP contribution is -2.47. The van der Waals surface area contributed by atoms with Crippen molar-refractivity contribution in [3.05, 3.63) is 59.7 Å². The second-order valence-corrected chi connectivity index (χ2v) is 10.1. The molecule has 8 nitrogen and oxygen atoms in total. The van der Waals surface area contributed by atoms with Crippen LogP contribution in [0.15, 0.2) is 48.5 Å². The van der Waals surface area contributed by atoms with E-state index in [1.165, 1.54) is 9.21 Å². The number of carbonyl (C=O) groups excluding carboxylic acids is 2. The highest BCUT2D eigenvalue weighted by Gasteiger charge is 2.26. The average Bonchev–Trinajstić information content (AvgIpc) is 2.79. The van der Waals surface area contributed by atoms with Gasteiger partial charge in [-0.15, -0.1) is 0 Å². The first-order valence-corrected chi connectivity index (χ1v) is 13.2. The molecule has 0 saturated heterocycles. The van der Waals surface area contributed by atoms with Crippen molar-refractivity contribution in [2.75, 3.05) is 30.8 Å². The van der Waals surface area contributed by atoms with Crippen LogP contribution in [-0.2, 0) is 26.2 Å². The summed E-state index contributed by atoms with van der Waals surface area (Å²) < 4.78 is 31.3. The molecule has 9 heteroatoms. The standard InChI is InChI=1S/C25H35N3O5S/c1-6-26-25(30)20(3)27(18-21-12-14-23(33-4)15-13-21)24(29)11-8-16-28(34(5,31)32)22-10-7-9-19(2)17-22/h7,9-10,12-15,17,20H,6,8,11,16,18H2,1-5H3,(H,26,30). The van der Waals surface area contributed by atoms with E-state index in [9.17, 15) is 18.0 Å². The highest BCUT2D eigenvalue weighted by Crippen LogP contribution is 2.20. The van der Waals surface area contributed by atoms with Gasteiger partial charge < -0.3 is 15.0 Å². The molecule has 186 valence electrons. The van der Waals surface area contributed by atoms with Gasteiger partial charge in [0.2, 0.25) is 21.8 Å². The fraction of sp³-hybridized carbons (Fsp3) is 0.440. The number of likely N-dealkylation sites (N-methyl/N-ethyl adjacent to an activating group) is 1. The highest BCUT2D eigenvalue weighted by atomic mass is 32.2. The Morgan fingerprint density at radius 1 is 1.12 bits per heavy atom. The van der Waals surface area contributed by atoms with Gasteiger partial charge in [0.05, 0.1) is 19.1 Å². The first kappa shape index (κ1) is 27.2. The predicted molar refractivity (Wildman–Crippen MR) is 134 cm³/mol. The number of hydrogen-bond donors (Lipinski definition) is 1. The van der Waals surface area contributed by atoms with E-state index in [0.717, 1.165) is 17.4 Å². The molecule has 0 bridgehead atoms. The molecule has 0 aliphatic carbocycles. The zero-order valence-corrected chi connectivity index (χ0v) is 21.4. The number of amides is 2. The summed E-state index contributed by atoms with van der Waals surface area (Å²) in [5, 5.41) is 2.77. The topological polar surface area (TPSA) is 96.0 Å². The van der Waals surface area contributed by atoms with Gasteiger partial charge in [0.15, 0.2) is 0 Å². The molecule has 1 atom stereocenters. The maximum Gasteiger partial charge on any atom is 0.242 e. The van der Waals surface area contributed by atoms with Crippen LogP contribution in [0.25, 0.3) is 0 Å². The molecule has 1 unspecified atom stereocenters. The third-order valence-corrected chi connectivity index (χ3v) is 6.67. The van der Waals surface area contributed by atoms with Crippen molar-refractivity contribution in [1.29, 1.82) is 0 Å². The summed E-state index contributed by atoms with van der Waals surface area (Å²) in [6.45, 7) is 6.31. The molecule has 0 aliphatic heterocycles. The fourth-order valence-electron chi connectivity index (χ4n) is 3.62. The van der Waals surface area contributed by atoms with Crippen LogP contribution < -0.4 is 14.4 Å². The molecule has 0 spiro atoms. The van der Waals surface area contributed by atoms with Gasteiger partial charge in [0, 0.05) is 26.1 Å². The molecule has 0 heterocycles. The molecular weight excluding hydrogens is 454 g/mol. The summed E-state index contributed by atoms with van der Waals surface area (Å²) >= 11 is 0. The number of sulfonamides is 1. The summed E-state index contributed by atoms with van der Waals surface area (Å²) in [4.78, 5) is 27.2. The van der Waals surface area contributed by atoms with Crippen molar-refractivity contribution in [3.63, 3.8) is 0 Å². The monoisotopic (exact) mass is 489 g/mol. The molecule has 2 amide bonds. The minimum Gasteiger partial charge on any atom is -0.497 e. The van der Waals surface area contributed by atoms with E-state index in [4.69, 9.17) is 4.74 Å². The van der Waals surface area contributed by atoms with Gasteiger partial charge in [0.1, 0.15) is 11.8 Å². The normalized spacial score (nSPS) is 12.0. The quantitative estimate of drug-likeness (QED) is 0.494. The van der Waals surface area contributed by atoms with E-state index in [1.807, 2.05) is 32.0 Å². The maximum absolute atomic E-state index is 13.2. The van der Waals surface area contributed by atoms with Crippen LogP contribution >= 0.6 is 0 Å². The van der Waals surface area contributed by atoms with Crippen molar-refractivity contribution in [2.45, 2.75) is 46.2 Å². The molecule has 0 aromatic heterocycles. The second-order valence-electron chi connectivity index (χ2n) is 8.22. The number of carbonyl (C=O) groups is 2. The van der Waals surface area contributed by atoms with E-state index in [1.54, 1.807) is 44.4 Å². The van der Waals surface area contributed by atoms with Crippen molar-refractivity contribution in [2.24, 2.45) is 0 Å². The van der Waals surface area contributed by atoms with Crippen LogP contribution in [0.2, 0.25) is 0 Å². The molecule has 2 aromatic carbocycles. The van der Waals surface area contributed by atoms with Crippen LogP contribution in [0.1, 0.15) is 37.8 Å². The molecule has 2 rings (SSSR count). The molecule has 34 heavy (non-hydrogen) atoms. The van der Waals surface area contributed by atoms with Crippen LogP contribution in [-0.4, -0.2) is 57.6 Å². The molecule has 0 radical (unpaired) electrons. The second kappa shape index (κ2) is 12.4. The first-order valence-electron chi connectivity index (χ1n) is 11.3. The van der Waals surface area contributed by atoms with Gasteiger partial charge in [-0.05, 0) is 62.6 Å². The largest absolute Gasteiger partial charge is 0.497 e. The summed E-state index contributed by atoms with van der Waals surface area (Å²) in [5.74, 6) is 0.254. The number of aryl methyl sites for hydroxylation is 1. The summed E-state index contributed by atoms with van der Waals surface area (Å²) in [6.07, 6.45) is 1.59. The predicted octanol–water partition coefficient (Wildman–Crippen LogP) is 3.10. The van der Waals surface area contributed by atoms with Gasteiger partial charge in [-0.25, -0.2) is 8.42 Å². The molecule has 0 aliphatic rings. The number of benzene rings is 2. The SMILES string of the molecule is CCNC(=O)C(C)N(Cc1ccc(OC)cc1)C(=O)CCCN(c1cccc(C)c1)S(C)(=O)=O. The fourth-order valence-corrected chi connectivity index (χ4v) is 4.58. The third kappa shape index (κ3) is 7.76. The minimum atomic E-state index is -3.51. The van der Waals surface area contributed by atoms with E-state index in [2.05, 4.69) is 5.32 Å². The van der Waals surface area contributed by atoms with Crippen LogP contribution in [0, 0.1) is 6.92 Å². The van der Waals surface area contributed by atoms with Crippen molar-refractivity contribution >= 4 is 27.5 Å². The number of hydrogen-bond acceptors (Lipinski definition) is 5. The van der Waals surface area contributed by atoms with Gasteiger partial charge in [-0.3, -0.25) is 13.9 Å². The van der Waals surface area contributed by atoms with Gasteiger partial charge in [-0.2, -0.15) is 0 Å².